The SMILES string of the molecule is COc1ccc(C(=O)Nc2ccc(-c3cn4ccc(C)cc4n3)cc2)cc1OC. The molecule has 29 heavy (non-hydrogen) atoms. The van der Waals surface area contributed by atoms with Gasteiger partial charge in [0.15, 0.2) is 11.5 Å². The molecule has 4 aromatic rings. The number of benzene rings is 2. The Labute approximate surface area is 168 Å². The molecular weight excluding hydrogens is 366 g/mol. The summed E-state index contributed by atoms with van der Waals surface area (Å²) in [6.07, 6.45) is 3.99. The molecule has 0 aliphatic rings. The summed E-state index contributed by atoms with van der Waals surface area (Å²) in [5.41, 5.74) is 5.13. The number of nitrogens with one attached hydrogen (secondary N) is 1. The largest absolute Gasteiger partial charge is 0.493 e. The maximum atomic E-state index is 12.6. The van der Waals surface area contributed by atoms with Gasteiger partial charge >= 0.3 is 0 Å². The van der Waals surface area contributed by atoms with Gasteiger partial charge in [-0.15, -0.1) is 0 Å². The average Bonchev–Trinajstić information content (AvgIpc) is 3.16. The van der Waals surface area contributed by atoms with Crippen LogP contribution in [-0.2, 0) is 0 Å². The van der Waals surface area contributed by atoms with Crippen molar-refractivity contribution < 1.29 is 14.3 Å². The molecule has 1 amide bonds. The van der Waals surface area contributed by atoms with Crippen LogP contribution in [-0.4, -0.2) is 29.5 Å². The van der Waals surface area contributed by atoms with Crippen LogP contribution in [0, 0.1) is 6.92 Å². The quantitative estimate of drug-likeness (QED) is 0.544. The summed E-state index contributed by atoms with van der Waals surface area (Å²) in [4.78, 5) is 17.2. The minimum atomic E-state index is -0.220. The molecule has 6 nitrogen and oxygen atoms in total. The van der Waals surface area contributed by atoms with Crippen LogP contribution >= 0.6 is 0 Å². The van der Waals surface area contributed by atoms with E-state index in [1.165, 1.54) is 5.56 Å². The zero-order valence-corrected chi connectivity index (χ0v) is 16.5. The van der Waals surface area contributed by atoms with Gasteiger partial charge in [-0.2, -0.15) is 0 Å². The molecule has 146 valence electrons. The van der Waals surface area contributed by atoms with Gasteiger partial charge < -0.3 is 19.2 Å². The second kappa shape index (κ2) is 7.67. The number of nitrogens with zero attached hydrogens (tertiary/aromatic N) is 2. The number of carbonyl (C=O) groups is 1. The Morgan fingerprint density at radius 3 is 2.45 bits per heavy atom. The first-order valence-corrected chi connectivity index (χ1v) is 9.16. The molecule has 0 saturated heterocycles. The fourth-order valence-corrected chi connectivity index (χ4v) is 3.13. The molecule has 2 heterocycles. The van der Waals surface area contributed by atoms with Crippen molar-refractivity contribution in [3.8, 4) is 22.8 Å². The summed E-state index contributed by atoms with van der Waals surface area (Å²) >= 11 is 0. The number of imidazole rings is 1. The first-order chi connectivity index (χ1) is 14.1. The van der Waals surface area contributed by atoms with Crippen molar-refractivity contribution >= 4 is 17.2 Å². The third kappa shape index (κ3) is 3.78. The first kappa shape index (κ1) is 18.6. The molecule has 0 fully saturated rings. The van der Waals surface area contributed by atoms with Crippen LogP contribution in [0.2, 0.25) is 0 Å². The Morgan fingerprint density at radius 1 is 0.966 bits per heavy atom. The van der Waals surface area contributed by atoms with E-state index >= 15 is 0 Å². The monoisotopic (exact) mass is 387 g/mol. The molecule has 0 aliphatic carbocycles. The third-order valence-corrected chi connectivity index (χ3v) is 4.70. The highest BCUT2D eigenvalue weighted by atomic mass is 16.5. The Balaban J connectivity index is 1.52. The number of pyridine rings is 1. The molecule has 4 rings (SSSR count). The predicted molar refractivity (Wildman–Crippen MR) is 113 cm³/mol. The van der Waals surface area contributed by atoms with E-state index in [2.05, 4.69) is 10.3 Å². The maximum absolute atomic E-state index is 12.6. The fraction of sp³-hybridized carbons (Fsp3) is 0.130. The number of fused-ring (bicyclic) bond motifs is 1. The molecule has 0 saturated carbocycles. The zero-order valence-electron chi connectivity index (χ0n) is 16.5. The summed E-state index contributed by atoms with van der Waals surface area (Å²) in [5.74, 6) is 0.871. The fourth-order valence-electron chi connectivity index (χ4n) is 3.13. The summed E-state index contributed by atoms with van der Waals surface area (Å²) in [6, 6.07) is 16.8. The summed E-state index contributed by atoms with van der Waals surface area (Å²) in [7, 11) is 3.10. The van der Waals surface area contributed by atoms with Gasteiger partial charge in [0.1, 0.15) is 5.65 Å². The van der Waals surface area contributed by atoms with E-state index in [1.807, 2.05) is 60.1 Å². The maximum Gasteiger partial charge on any atom is 0.255 e. The van der Waals surface area contributed by atoms with Crippen LogP contribution in [0.1, 0.15) is 15.9 Å². The average molecular weight is 387 g/mol. The van der Waals surface area contributed by atoms with Crippen LogP contribution in [0.5, 0.6) is 11.5 Å². The molecule has 6 heteroatoms. The molecule has 0 aliphatic heterocycles. The standard InChI is InChI=1S/C23H21N3O3/c1-15-10-11-26-14-19(25-22(26)12-15)16-4-7-18(8-5-16)24-23(27)17-6-9-20(28-2)21(13-17)29-3/h4-14H,1-3H3,(H,24,27). The number of hydrogen-bond donors (Lipinski definition) is 1. The molecule has 0 spiro atoms. The zero-order chi connectivity index (χ0) is 20.4. The number of amides is 1. The van der Waals surface area contributed by atoms with Crippen molar-refractivity contribution in [2.24, 2.45) is 0 Å². The lowest BCUT2D eigenvalue weighted by Crippen LogP contribution is -2.12. The first-order valence-electron chi connectivity index (χ1n) is 9.16. The van der Waals surface area contributed by atoms with Crippen LogP contribution in [0.15, 0.2) is 67.0 Å². The van der Waals surface area contributed by atoms with E-state index in [-0.39, 0.29) is 5.91 Å². The van der Waals surface area contributed by atoms with E-state index in [4.69, 9.17) is 9.47 Å². The van der Waals surface area contributed by atoms with Crippen molar-refractivity contribution in [2.45, 2.75) is 6.92 Å². The Morgan fingerprint density at radius 2 is 1.72 bits per heavy atom. The number of carbonyl (C=O) groups excluding carboxylic acids is 1. The van der Waals surface area contributed by atoms with E-state index in [0.29, 0.717) is 22.7 Å². The van der Waals surface area contributed by atoms with Gasteiger partial charge in [-0.3, -0.25) is 4.79 Å². The topological polar surface area (TPSA) is 64.9 Å². The highest BCUT2D eigenvalue weighted by Gasteiger charge is 2.11. The lowest BCUT2D eigenvalue weighted by Gasteiger charge is -2.10. The van der Waals surface area contributed by atoms with Gasteiger partial charge in [-0.25, -0.2) is 4.98 Å². The predicted octanol–water partition coefficient (Wildman–Crippen LogP) is 4.58. The molecule has 0 unspecified atom stereocenters. The van der Waals surface area contributed by atoms with E-state index < -0.39 is 0 Å². The van der Waals surface area contributed by atoms with Gasteiger partial charge in [-0.05, 0) is 55.0 Å². The number of hydrogen-bond acceptors (Lipinski definition) is 4. The van der Waals surface area contributed by atoms with E-state index in [9.17, 15) is 4.79 Å². The van der Waals surface area contributed by atoms with Crippen molar-refractivity contribution in [3.63, 3.8) is 0 Å². The molecule has 1 N–H and O–H groups in total. The highest BCUT2D eigenvalue weighted by Crippen LogP contribution is 2.28. The van der Waals surface area contributed by atoms with Gasteiger partial charge in [0.05, 0.1) is 19.9 Å². The van der Waals surface area contributed by atoms with Crippen LogP contribution in [0.25, 0.3) is 16.9 Å². The number of ether oxygens (including phenoxy) is 2. The summed E-state index contributed by atoms with van der Waals surface area (Å²) < 4.78 is 12.5. The van der Waals surface area contributed by atoms with Crippen LogP contribution in [0.4, 0.5) is 5.69 Å². The van der Waals surface area contributed by atoms with Crippen LogP contribution in [0.3, 0.4) is 0 Å². The molecular formula is C23H21N3O3. The number of rotatable bonds is 5. The van der Waals surface area contributed by atoms with Crippen molar-refractivity contribution in [2.75, 3.05) is 19.5 Å². The van der Waals surface area contributed by atoms with Gasteiger partial charge in [0.25, 0.3) is 5.91 Å². The smallest absolute Gasteiger partial charge is 0.255 e. The lowest BCUT2D eigenvalue weighted by atomic mass is 10.1. The minimum absolute atomic E-state index is 0.220. The number of anilines is 1. The lowest BCUT2D eigenvalue weighted by molar-refractivity contribution is 0.102. The van der Waals surface area contributed by atoms with Crippen molar-refractivity contribution in [1.82, 2.24) is 9.38 Å². The Kier molecular flexibility index (Phi) is 4.91. The van der Waals surface area contributed by atoms with Gasteiger partial charge in [-0.1, -0.05) is 12.1 Å². The van der Waals surface area contributed by atoms with Crippen LogP contribution < -0.4 is 14.8 Å². The Bertz CT molecular complexity index is 1180. The second-order valence-electron chi connectivity index (χ2n) is 6.70. The molecule has 0 atom stereocenters. The summed E-state index contributed by atoms with van der Waals surface area (Å²) in [6.45, 7) is 2.05. The van der Waals surface area contributed by atoms with Gasteiger partial charge in [0, 0.05) is 29.2 Å². The van der Waals surface area contributed by atoms with E-state index in [0.717, 1.165) is 16.9 Å². The van der Waals surface area contributed by atoms with Crippen molar-refractivity contribution in [1.29, 1.82) is 0 Å². The van der Waals surface area contributed by atoms with E-state index in [1.54, 1.807) is 32.4 Å². The molecule has 2 aromatic carbocycles. The van der Waals surface area contributed by atoms with Crippen molar-refractivity contribution in [3.05, 3.63) is 78.1 Å². The number of aromatic nitrogens is 2. The number of methoxy groups -OCH3 is 2. The highest BCUT2D eigenvalue weighted by molar-refractivity contribution is 6.04. The minimum Gasteiger partial charge on any atom is -0.493 e. The summed E-state index contributed by atoms with van der Waals surface area (Å²) in [5, 5.41) is 2.90. The molecule has 2 aromatic heterocycles. The molecule has 0 radical (unpaired) electrons. The molecule has 0 bridgehead atoms. The number of aryl methyl sites for hydroxylation is 1. The Hall–Kier alpha value is -3.80. The second-order valence-corrected chi connectivity index (χ2v) is 6.70. The normalized spacial score (nSPS) is 10.7. The van der Waals surface area contributed by atoms with Gasteiger partial charge in [0.2, 0.25) is 0 Å². The third-order valence-electron chi connectivity index (χ3n) is 4.70.